The summed E-state index contributed by atoms with van der Waals surface area (Å²) in [7, 11) is 0. The number of aromatic nitrogens is 1. The van der Waals surface area contributed by atoms with Gasteiger partial charge in [0.1, 0.15) is 5.69 Å². The van der Waals surface area contributed by atoms with E-state index >= 15 is 0 Å². The van der Waals surface area contributed by atoms with Crippen LogP contribution in [0.25, 0.3) is 10.8 Å². The Hall–Kier alpha value is -1.62. The average Bonchev–Trinajstić information content (AvgIpc) is 2.98. The molecule has 1 atom stereocenters. The quantitative estimate of drug-likeness (QED) is 0.907. The summed E-state index contributed by atoms with van der Waals surface area (Å²) in [6.07, 6.45) is 2.50. The minimum Gasteiger partial charge on any atom is -0.462 e. The summed E-state index contributed by atoms with van der Waals surface area (Å²) in [5.74, 6) is 0.561. The first-order chi connectivity index (χ1) is 8.20. The van der Waals surface area contributed by atoms with E-state index < -0.39 is 0 Å². The molecule has 0 aliphatic heterocycles. The number of hydrogen-bond acceptors (Lipinski definition) is 4. The smallest absolute Gasteiger partial charge is 0.270 e. The van der Waals surface area contributed by atoms with E-state index in [0.29, 0.717) is 11.5 Å². The van der Waals surface area contributed by atoms with E-state index in [4.69, 9.17) is 4.42 Å². The number of amides is 1. The standard InChI is InChI=1S/C12H14N2O2S/c1-3-8(2)13-11(15)9-7-17-12(14-9)10-5-4-6-16-10/h4-8H,3H2,1-2H3,(H,13,15). The lowest BCUT2D eigenvalue weighted by Crippen LogP contribution is -2.32. The normalized spacial score (nSPS) is 12.4. The lowest BCUT2D eigenvalue weighted by Gasteiger charge is -2.09. The van der Waals surface area contributed by atoms with Crippen LogP contribution < -0.4 is 5.32 Å². The summed E-state index contributed by atoms with van der Waals surface area (Å²) in [6, 6.07) is 3.79. The third-order valence-electron chi connectivity index (χ3n) is 2.46. The molecule has 2 rings (SSSR count). The molecule has 4 nitrogen and oxygen atoms in total. The zero-order valence-electron chi connectivity index (χ0n) is 9.77. The van der Waals surface area contributed by atoms with Crippen LogP contribution in [0.1, 0.15) is 30.8 Å². The molecule has 1 amide bonds. The highest BCUT2D eigenvalue weighted by atomic mass is 32.1. The molecule has 1 unspecified atom stereocenters. The van der Waals surface area contributed by atoms with Gasteiger partial charge in [-0.25, -0.2) is 4.98 Å². The van der Waals surface area contributed by atoms with Gasteiger partial charge in [-0.3, -0.25) is 4.79 Å². The van der Waals surface area contributed by atoms with Gasteiger partial charge in [0.25, 0.3) is 5.91 Å². The number of rotatable bonds is 4. The molecule has 2 heterocycles. The Morgan fingerprint density at radius 2 is 2.47 bits per heavy atom. The fourth-order valence-electron chi connectivity index (χ4n) is 1.29. The predicted molar refractivity (Wildman–Crippen MR) is 67.0 cm³/mol. The van der Waals surface area contributed by atoms with Crippen molar-refractivity contribution in [3.63, 3.8) is 0 Å². The second-order valence-corrected chi connectivity index (χ2v) is 4.66. The summed E-state index contributed by atoms with van der Waals surface area (Å²) in [6.45, 7) is 4.00. The first-order valence-electron chi connectivity index (χ1n) is 5.51. The van der Waals surface area contributed by atoms with E-state index in [9.17, 15) is 4.79 Å². The van der Waals surface area contributed by atoms with Crippen molar-refractivity contribution in [3.05, 3.63) is 29.5 Å². The monoisotopic (exact) mass is 250 g/mol. The minimum absolute atomic E-state index is 0.131. The molecule has 2 aromatic rings. The van der Waals surface area contributed by atoms with E-state index in [0.717, 1.165) is 11.4 Å². The van der Waals surface area contributed by atoms with Crippen LogP contribution in [0.5, 0.6) is 0 Å². The maximum atomic E-state index is 11.8. The van der Waals surface area contributed by atoms with E-state index in [2.05, 4.69) is 10.3 Å². The molecular formula is C12H14N2O2S. The number of carbonyl (C=O) groups is 1. The highest BCUT2D eigenvalue weighted by molar-refractivity contribution is 7.13. The minimum atomic E-state index is -0.131. The van der Waals surface area contributed by atoms with Crippen LogP contribution in [0.15, 0.2) is 28.2 Å². The van der Waals surface area contributed by atoms with Crippen LogP contribution in [0.2, 0.25) is 0 Å². The van der Waals surface area contributed by atoms with Gasteiger partial charge < -0.3 is 9.73 Å². The van der Waals surface area contributed by atoms with Crippen molar-refractivity contribution in [1.82, 2.24) is 10.3 Å². The molecule has 0 aliphatic carbocycles. The first kappa shape index (κ1) is 11.9. The average molecular weight is 250 g/mol. The zero-order valence-corrected chi connectivity index (χ0v) is 10.6. The van der Waals surface area contributed by atoms with Gasteiger partial charge in [0.05, 0.1) is 6.26 Å². The number of nitrogens with one attached hydrogen (secondary N) is 1. The largest absolute Gasteiger partial charge is 0.462 e. The molecule has 0 bridgehead atoms. The van der Waals surface area contributed by atoms with E-state index in [1.165, 1.54) is 11.3 Å². The summed E-state index contributed by atoms with van der Waals surface area (Å²) in [4.78, 5) is 16.1. The van der Waals surface area contributed by atoms with Crippen LogP contribution in [0.4, 0.5) is 0 Å². The van der Waals surface area contributed by atoms with Gasteiger partial charge >= 0.3 is 0 Å². The highest BCUT2D eigenvalue weighted by Gasteiger charge is 2.14. The topological polar surface area (TPSA) is 55.1 Å². The SMILES string of the molecule is CCC(C)NC(=O)c1csc(-c2ccco2)n1. The molecule has 5 heteroatoms. The summed E-state index contributed by atoms with van der Waals surface area (Å²) in [5.41, 5.74) is 0.446. The van der Waals surface area contributed by atoms with Crippen molar-refractivity contribution in [3.8, 4) is 10.8 Å². The van der Waals surface area contributed by atoms with Crippen molar-refractivity contribution < 1.29 is 9.21 Å². The van der Waals surface area contributed by atoms with Crippen LogP contribution in [-0.2, 0) is 0 Å². The number of carbonyl (C=O) groups excluding carboxylic acids is 1. The Kier molecular flexibility index (Phi) is 3.58. The van der Waals surface area contributed by atoms with Crippen LogP contribution >= 0.6 is 11.3 Å². The molecule has 90 valence electrons. The Balaban J connectivity index is 2.11. The Morgan fingerprint density at radius 3 is 3.12 bits per heavy atom. The molecule has 0 aliphatic rings. The molecule has 17 heavy (non-hydrogen) atoms. The Labute approximate surface area is 104 Å². The second-order valence-electron chi connectivity index (χ2n) is 3.80. The van der Waals surface area contributed by atoms with Gasteiger partial charge in [-0.1, -0.05) is 6.92 Å². The lowest BCUT2D eigenvalue weighted by atomic mass is 10.2. The van der Waals surface area contributed by atoms with Gasteiger partial charge in [-0.05, 0) is 25.5 Å². The molecule has 0 radical (unpaired) electrons. The molecule has 0 spiro atoms. The fraction of sp³-hybridized carbons (Fsp3) is 0.333. The van der Waals surface area contributed by atoms with Crippen LogP contribution in [0.3, 0.4) is 0 Å². The van der Waals surface area contributed by atoms with Crippen molar-refractivity contribution >= 4 is 17.2 Å². The van der Waals surface area contributed by atoms with Gasteiger partial charge in [0.2, 0.25) is 0 Å². The summed E-state index contributed by atoms with van der Waals surface area (Å²) < 4.78 is 5.23. The second kappa shape index (κ2) is 5.14. The summed E-state index contributed by atoms with van der Waals surface area (Å²) in [5, 5.41) is 5.35. The number of furan rings is 1. The van der Waals surface area contributed by atoms with Gasteiger partial charge in [0.15, 0.2) is 10.8 Å². The molecule has 0 saturated heterocycles. The van der Waals surface area contributed by atoms with Crippen molar-refractivity contribution in [2.45, 2.75) is 26.3 Å². The van der Waals surface area contributed by atoms with Crippen molar-refractivity contribution in [2.75, 3.05) is 0 Å². The van der Waals surface area contributed by atoms with Gasteiger partial charge in [0, 0.05) is 11.4 Å². The Morgan fingerprint density at radius 1 is 1.65 bits per heavy atom. The number of nitrogens with zero attached hydrogens (tertiary/aromatic N) is 1. The Bertz CT molecular complexity index is 490. The van der Waals surface area contributed by atoms with Crippen LogP contribution in [-0.4, -0.2) is 16.9 Å². The molecule has 0 aromatic carbocycles. The third kappa shape index (κ3) is 2.74. The van der Waals surface area contributed by atoms with E-state index in [-0.39, 0.29) is 11.9 Å². The maximum Gasteiger partial charge on any atom is 0.270 e. The van der Waals surface area contributed by atoms with E-state index in [1.807, 2.05) is 19.9 Å². The number of hydrogen-bond donors (Lipinski definition) is 1. The molecule has 0 fully saturated rings. The third-order valence-corrected chi connectivity index (χ3v) is 3.32. The van der Waals surface area contributed by atoms with Gasteiger partial charge in [-0.15, -0.1) is 11.3 Å². The zero-order chi connectivity index (χ0) is 12.3. The number of thiazole rings is 1. The van der Waals surface area contributed by atoms with Gasteiger partial charge in [-0.2, -0.15) is 0 Å². The van der Waals surface area contributed by atoms with Crippen molar-refractivity contribution in [1.29, 1.82) is 0 Å². The van der Waals surface area contributed by atoms with Crippen molar-refractivity contribution in [2.24, 2.45) is 0 Å². The van der Waals surface area contributed by atoms with E-state index in [1.54, 1.807) is 17.7 Å². The lowest BCUT2D eigenvalue weighted by molar-refractivity contribution is 0.0935. The molecular weight excluding hydrogens is 236 g/mol. The first-order valence-corrected chi connectivity index (χ1v) is 6.39. The molecule has 2 aromatic heterocycles. The molecule has 0 saturated carbocycles. The predicted octanol–water partition coefficient (Wildman–Crippen LogP) is 2.93. The van der Waals surface area contributed by atoms with Crippen LogP contribution in [0, 0.1) is 0 Å². The highest BCUT2D eigenvalue weighted by Crippen LogP contribution is 2.23. The summed E-state index contributed by atoms with van der Waals surface area (Å²) >= 11 is 1.40. The maximum absolute atomic E-state index is 11.8. The molecule has 1 N–H and O–H groups in total. The fourth-order valence-corrected chi connectivity index (χ4v) is 2.06.